The van der Waals surface area contributed by atoms with Gasteiger partial charge in [0.1, 0.15) is 11.4 Å². The Morgan fingerprint density at radius 2 is 2.00 bits per heavy atom. The maximum Gasteiger partial charge on any atom is 0.271 e. The number of nitrogen functional groups attached to an aromatic ring is 1. The third-order valence-corrected chi connectivity index (χ3v) is 3.63. The van der Waals surface area contributed by atoms with Crippen molar-refractivity contribution >= 4 is 5.69 Å². The quantitative estimate of drug-likeness (QED) is 0.888. The Morgan fingerprint density at radius 1 is 1.24 bits per heavy atom. The Kier molecular flexibility index (Phi) is 4.68. The molecule has 2 rings (SSSR count). The molecule has 0 spiro atoms. The largest absolute Gasteiger partial charge is 0.494 e. The third-order valence-electron chi connectivity index (χ3n) is 3.63. The maximum absolute atomic E-state index is 11.9. The number of hydrogen-bond acceptors (Lipinski definition) is 3. The molecular weight excluding hydrogens is 264 g/mol. The van der Waals surface area contributed by atoms with Gasteiger partial charge in [0.05, 0.1) is 6.61 Å². The Bertz CT molecular complexity index is 690. The van der Waals surface area contributed by atoms with Gasteiger partial charge in [-0.25, -0.2) is 0 Å². The predicted octanol–water partition coefficient (Wildman–Crippen LogP) is 2.82. The second-order valence-electron chi connectivity index (χ2n) is 5.06. The normalized spacial score (nSPS) is 10.6. The lowest BCUT2D eigenvalue weighted by molar-refractivity contribution is 0.340. The molecule has 3 N–H and O–H groups in total. The van der Waals surface area contributed by atoms with Crippen LogP contribution < -0.4 is 16.0 Å². The molecule has 21 heavy (non-hydrogen) atoms. The monoisotopic (exact) mass is 286 g/mol. The molecule has 0 aliphatic carbocycles. The van der Waals surface area contributed by atoms with E-state index in [-0.39, 0.29) is 5.56 Å². The van der Waals surface area contributed by atoms with Gasteiger partial charge in [0.2, 0.25) is 0 Å². The molecule has 0 aliphatic heterocycles. The summed E-state index contributed by atoms with van der Waals surface area (Å²) in [5, 5.41) is 0. The first-order valence-electron chi connectivity index (χ1n) is 7.28. The zero-order valence-electron chi connectivity index (χ0n) is 12.8. The number of nitrogens with two attached hydrogens (primary N) is 1. The van der Waals surface area contributed by atoms with Gasteiger partial charge in [-0.15, -0.1) is 0 Å². The fourth-order valence-corrected chi connectivity index (χ4v) is 2.64. The summed E-state index contributed by atoms with van der Waals surface area (Å²) in [7, 11) is 0. The van der Waals surface area contributed by atoms with Crippen molar-refractivity contribution in [1.29, 1.82) is 0 Å². The van der Waals surface area contributed by atoms with Crippen LogP contribution in [0.15, 0.2) is 29.1 Å². The third kappa shape index (κ3) is 3.27. The second-order valence-corrected chi connectivity index (χ2v) is 5.06. The van der Waals surface area contributed by atoms with Crippen LogP contribution in [0.4, 0.5) is 5.69 Å². The van der Waals surface area contributed by atoms with Crippen LogP contribution in [0, 0.1) is 6.92 Å². The van der Waals surface area contributed by atoms with Crippen LogP contribution in [0.3, 0.4) is 0 Å². The van der Waals surface area contributed by atoms with Crippen LogP contribution in [-0.4, -0.2) is 11.6 Å². The molecule has 1 aromatic carbocycles. The molecule has 4 nitrogen and oxygen atoms in total. The first kappa shape index (κ1) is 15.2. The Balaban J connectivity index is 2.43. The molecule has 0 bridgehead atoms. The number of aromatic amines is 1. The molecule has 0 aliphatic rings. The molecule has 0 radical (unpaired) electrons. The summed E-state index contributed by atoms with van der Waals surface area (Å²) >= 11 is 0. The van der Waals surface area contributed by atoms with Crippen molar-refractivity contribution in [2.75, 3.05) is 12.3 Å². The molecular formula is C17H22N2O2. The average molecular weight is 286 g/mol. The summed E-state index contributed by atoms with van der Waals surface area (Å²) in [6.07, 6.45) is 1.48. The molecule has 0 saturated carbocycles. The lowest BCUT2D eigenvalue weighted by Crippen LogP contribution is -2.19. The van der Waals surface area contributed by atoms with Crippen LogP contribution in [0.1, 0.15) is 36.2 Å². The highest BCUT2D eigenvalue weighted by atomic mass is 16.5. The van der Waals surface area contributed by atoms with E-state index >= 15 is 0 Å². The minimum absolute atomic E-state index is 0.208. The van der Waals surface area contributed by atoms with Crippen LogP contribution >= 0.6 is 0 Å². The summed E-state index contributed by atoms with van der Waals surface area (Å²) in [6.45, 7) is 6.58. The van der Waals surface area contributed by atoms with Crippen molar-refractivity contribution in [1.82, 2.24) is 4.98 Å². The van der Waals surface area contributed by atoms with Gasteiger partial charge in [0.25, 0.3) is 5.56 Å². The van der Waals surface area contributed by atoms with Gasteiger partial charge in [-0.2, -0.15) is 0 Å². The van der Waals surface area contributed by atoms with Gasteiger partial charge in [-0.1, -0.05) is 19.1 Å². The van der Waals surface area contributed by atoms with Crippen molar-refractivity contribution in [3.05, 3.63) is 57.0 Å². The second kappa shape index (κ2) is 6.48. The Morgan fingerprint density at radius 3 is 2.67 bits per heavy atom. The minimum atomic E-state index is -0.208. The molecule has 2 aromatic rings. The maximum atomic E-state index is 11.9. The number of aryl methyl sites for hydroxylation is 1. The van der Waals surface area contributed by atoms with Gasteiger partial charge in [-0.3, -0.25) is 4.79 Å². The van der Waals surface area contributed by atoms with E-state index in [4.69, 9.17) is 10.5 Å². The van der Waals surface area contributed by atoms with E-state index < -0.39 is 0 Å². The lowest BCUT2D eigenvalue weighted by Gasteiger charge is -2.14. The van der Waals surface area contributed by atoms with Gasteiger partial charge < -0.3 is 15.5 Å². The Labute approximate surface area is 125 Å². The van der Waals surface area contributed by atoms with Crippen molar-refractivity contribution < 1.29 is 4.74 Å². The van der Waals surface area contributed by atoms with Crippen LogP contribution in [-0.2, 0) is 12.8 Å². The molecule has 0 unspecified atom stereocenters. The average Bonchev–Trinajstić information content (AvgIpc) is 2.45. The fourth-order valence-electron chi connectivity index (χ4n) is 2.64. The highest BCUT2D eigenvalue weighted by Crippen LogP contribution is 2.22. The van der Waals surface area contributed by atoms with Crippen molar-refractivity contribution in [2.45, 2.75) is 33.6 Å². The molecule has 0 saturated heterocycles. The van der Waals surface area contributed by atoms with Crippen LogP contribution in [0.2, 0.25) is 0 Å². The number of rotatable bonds is 5. The molecule has 1 heterocycles. The van der Waals surface area contributed by atoms with E-state index in [1.165, 1.54) is 0 Å². The number of pyridine rings is 1. The van der Waals surface area contributed by atoms with E-state index in [1.807, 2.05) is 38.1 Å². The topological polar surface area (TPSA) is 68.1 Å². The summed E-state index contributed by atoms with van der Waals surface area (Å²) in [6, 6.07) is 7.92. The number of ether oxygens (including phenoxy) is 1. The highest BCUT2D eigenvalue weighted by Gasteiger charge is 2.13. The van der Waals surface area contributed by atoms with Crippen LogP contribution in [0.25, 0.3) is 0 Å². The summed E-state index contributed by atoms with van der Waals surface area (Å²) in [5.74, 6) is 0.841. The van der Waals surface area contributed by atoms with Crippen molar-refractivity contribution in [3.8, 4) is 5.75 Å². The highest BCUT2D eigenvalue weighted by molar-refractivity contribution is 5.53. The lowest BCUT2D eigenvalue weighted by atomic mass is 9.96. The zero-order chi connectivity index (χ0) is 15.4. The number of nitrogens with one attached hydrogen (secondary N) is 1. The number of anilines is 1. The molecule has 4 heteroatoms. The van der Waals surface area contributed by atoms with Gasteiger partial charge >= 0.3 is 0 Å². The molecule has 112 valence electrons. The van der Waals surface area contributed by atoms with E-state index in [0.29, 0.717) is 18.7 Å². The fraction of sp³-hybridized carbons (Fsp3) is 0.353. The zero-order valence-corrected chi connectivity index (χ0v) is 12.8. The number of H-pyrrole nitrogens is 1. The van der Waals surface area contributed by atoms with E-state index in [1.54, 1.807) is 0 Å². The van der Waals surface area contributed by atoms with E-state index in [9.17, 15) is 4.79 Å². The number of aromatic nitrogens is 1. The van der Waals surface area contributed by atoms with E-state index in [2.05, 4.69) is 11.9 Å². The van der Waals surface area contributed by atoms with Gasteiger partial charge in [-0.05, 0) is 49.1 Å². The van der Waals surface area contributed by atoms with E-state index in [0.717, 1.165) is 34.6 Å². The molecule has 0 fully saturated rings. The SMILES string of the molecule is CCOc1cccc(Cc2c(CC)c(C)[nH]c(=O)c2N)c1. The number of hydrogen-bond donors (Lipinski definition) is 2. The first-order valence-corrected chi connectivity index (χ1v) is 7.28. The molecule has 0 atom stereocenters. The minimum Gasteiger partial charge on any atom is -0.494 e. The van der Waals surface area contributed by atoms with Crippen LogP contribution in [0.5, 0.6) is 5.75 Å². The van der Waals surface area contributed by atoms with Gasteiger partial charge in [0, 0.05) is 12.1 Å². The summed E-state index contributed by atoms with van der Waals surface area (Å²) < 4.78 is 5.52. The smallest absolute Gasteiger partial charge is 0.271 e. The summed E-state index contributed by atoms with van der Waals surface area (Å²) in [5.41, 5.74) is 10.1. The van der Waals surface area contributed by atoms with Gasteiger partial charge in [0.15, 0.2) is 0 Å². The van der Waals surface area contributed by atoms with Crippen molar-refractivity contribution in [3.63, 3.8) is 0 Å². The standard InChI is InChI=1S/C17H22N2O2/c1-4-14-11(3)19-17(20)16(18)15(14)10-12-7-6-8-13(9-12)21-5-2/h6-9H,4-5,10,18H2,1-3H3,(H,19,20). The summed E-state index contributed by atoms with van der Waals surface area (Å²) in [4.78, 5) is 14.7. The predicted molar refractivity (Wildman–Crippen MR) is 86.0 cm³/mol. The molecule has 0 amide bonds. The first-order chi connectivity index (χ1) is 10.1. The van der Waals surface area contributed by atoms with Crippen molar-refractivity contribution in [2.24, 2.45) is 0 Å². The number of benzene rings is 1. The molecule has 1 aromatic heterocycles. The Hall–Kier alpha value is -2.23.